The number of benzene rings is 4. The van der Waals surface area contributed by atoms with Gasteiger partial charge in [0.15, 0.2) is 0 Å². The van der Waals surface area contributed by atoms with E-state index in [4.69, 9.17) is 0 Å². The maximum Gasteiger partial charge on any atom is 0.272 e. The van der Waals surface area contributed by atoms with Crippen LogP contribution in [0.1, 0.15) is 79.9 Å². The maximum absolute atomic E-state index is 13.6. The summed E-state index contributed by atoms with van der Waals surface area (Å²) in [5.74, 6) is -0.112. The highest BCUT2D eigenvalue weighted by Gasteiger charge is 2.20. The Labute approximate surface area is 270 Å². The smallest absolute Gasteiger partial charge is 0.272 e. The Morgan fingerprint density at radius 1 is 0.711 bits per heavy atom. The summed E-state index contributed by atoms with van der Waals surface area (Å²) in [7, 11) is 0. The normalized spacial score (nSPS) is 12.1. The lowest BCUT2D eigenvalue weighted by Crippen LogP contribution is -2.30. The molecule has 1 unspecified atom stereocenters. The van der Waals surface area contributed by atoms with E-state index in [0.717, 1.165) is 16.1 Å². The van der Waals surface area contributed by atoms with E-state index in [1.807, 2.05) is 79.7 Å². The minimum Gasteiger partial charge on any atom is -0.325 e. The van der Waals surface area contributed by atoms with E-state index in [0.29, 0.717) is 29.5 Å². The molecule has 0 aliphatic carbocycles. The summed E-state index contributed by atoms with van der Waals surface area (Å²) in [6.07, 6.45) is 2.30. The summed E-state index contributed by atoms with van der Waals surface area (Å²) in [5.41, 5.74) is 5.08. The van der Waals surface area contributed by atoms with Crippen LogP contribution in [0.4, 0.5) is 11.4 Å². The van der Waals surface area contributed by atoms with Gasteiger partial charge in [-0.15, -0.1) is 11.8 Å². The molecule has 7 heteroatoms. The van der Waals surface area contributed by atoms with Gasteiger partial charge in [-0.1, -0.05) is 95.3 Å². The molecule has 4 aromatic rings. The van der Waals surface area contributed by atoms with Crippen LogP contribution < -0.4 is 16.0 Å². The molecular formula is C38H41N3O3S. The number of thioether (sulfide) groups is 1. The summed E-state index contributed by atoms with van der Waals surface area (Å²) >= 11 is 1.44. The summed E-state index contributed by atoms with van der Waals surface area (Å²) < 4.78 is 0. The van der Waals surface area contributed by atoms with Crippen molar-refractivity contribution in [1.29, 1.82) is 0 Å². The Bertz CT molecular complexity index is 1630. The third-order valence-electron chi connectivity index (χ3n) is 7.32. The van der Waals surface area contributed by atoms with E-state index >= 15 is 0 Å². The van der Waals surface area contributed by atoms with E-state index in [2.05, 4.69) is 43.6 Å². The lowest BCUT2D eigenvalue weighted by atomic mass is 10.0. The van der Waals surface area contributed by atoms with Crippen LogP contribution in [0.3, 0.4) is 0 Å². The zero-order valence-corrected chi connectivity index (χ0v) is 27.3. The first kappa shape index (κ1) is 33.3. The van der Waals surface area contributed by atoms with Crippen molar-refractivity contribution in [2.75, 3.05) is 10.6 Å². The first-order chi connectivity index (χ1) is 21.6. The van der Waals surface area contributed by atoms with Crippen molar-refractivity contribution in [3.63, 3.8) is 0 Å². The lowest BCUT2D eigenvalue weighted by Gasteiger charge is -2.16. The molecule has 0 fully saturated rings. The summed E-state index contributed by atoms with van der Waals surface area (Å²) in [4.78, 5) is 40.5. The van der Waals surface area contributed by atoms with Gasteiger partial charge in [0, 0.05) is 21.8 Å². The number of anilines is 2. The van der Waals surface area contributed by atoms with Gasteiger partial charge in [0.25, 0.3) is 11.8 Å². The number of hydrogen-bond acceptors (Lipinski definition) is 4. The average Bonchev–Trinajstić information content (AvgIpc) is 3.04. The van der Waals surface area contributed by atoms with Gasteiger partial charge >= 0.3 is 0 Å². The molecule has 45 heavy (non-hydrogen) atoms. The SMILES string of the molecule is CCC(Sc1cccc(NC(=O)/C(=C\c2ccc(C(C)C)cc2)NC(=O)c2ccccc2)c1)C(=O)Nc1ccc(C(C)C)cc1. The molecule has 1 atom stereocenters. The van der Waals surface area contributed by atoms with Crippen molar-refractivity contribution in [3.05, 3.63) is 131 Å². The van der Waals surface area contributed by atoms with Crippen LogP contribution in [0.25, 0.3) is 6.08 Å². The lowest BCUT2D eigenvalue weighted by molar-refractivity contribution is -0.116. The monoisotopic (exact) mass is 619 g/mol. The predicted octanol–water partition coefficient (Wildman–Crippen LogP) is 8.85. The number of nitrogens with one attached hydrogen (secondary N) is 3. The second-order valence-electron chi connectivity index (χ2n) is 11.5. The largest absolute Gasteiger partial charge is 0.325 e. The van der Waals surface area contributed by atoms with Crippen molar-refractivity contribution in [2.45, 2.75) is 63.0 Å². The molecular weight excluding hydrogens is 579 g/mol. The van der Waals surface area contributed by atoms with Crippen LogP contribution in [-0.2, 0) is 9.59 Å². The Morgan fingerprint density at radius 3 is 1.93 bits per heavy atom. The molecule has 4 aromatic carbocycles. The fraction of sp³-hybridized carbons (Fsp3) is 0.237. The molecule has 232 valence electrons. The molecule has 6 nitrogen and oxygen atoms in total. The Balaban J connectivity index is 1.49. The highest BCUT2D eigenvalue weighted by Crippen LogP contribution is 2.29. The summed E-state index contributed by atoms with van der Waals surface area (Å²) in [6.45, 7) is 10.5. The minimum absolute atomic E-state index is 0.0773. The van der Waals surface area contributed by atoms with Crippen molar-refractivity contribution in [2.24, 2.45) is 0 Å². The Kier molecular flexibility index (Phi) is 11.8. The van der Waals surface area contributed by atoms with Gasteiger partial charge in [0.05, 0.1) is 5.25 Å². The third kappa shape index (κ3) is 9.68. The number of amides is 3. The molecule has 0 aliphatic rings. The van der Waals surface area contributed by atoms with Gasteiger partial charge < -0.3 is 16.0 Å². The molecule has 0 aromatic heterocycles. The van der Waals surface area contributed by atoms with Gasteiger partial charge in [-0.2, -0.15) is 0 Å². The van der Waals surface area contributed by atoms with Gasteiger partial charge in [-0.05, 0) is 83.5 Å². The van der Waals surface area contributed by atoms with Crippen molar-refractivity contribution >= 4 is 46.9 Å². The van der Waals surface area contributed by atoms with Crippen molar-refractivity contribution in [3.8, 4) is 0 Å². The standard InChI is InChI=1S/C38H41N3O3S/c1-6-35(38(44)39-31-21-19-29(20-22-31)26(4)5)45-33-14-10-13-32(24-33)40-37(43)34(41-36(42)30-11-8-7-9-12-30)23-27-15-17-28(18-16-27)25(2)3/h7-26,35H,6H2,1-5H3,(H,39,44)(H,40,43)(H,41,42)/b34-23+. The number of carbonyl (C=O) groups is 3. The van der Waals surface area contributed by atoms with Crippen molar-refractivity contribution in [1.82, 2.24) is 5.32 Å². The highest BCUT2D eigenvalue weighted by molar-refractivity contribution is 8.00. The van der Waals surface area contributed by atoms with E-state index in [9.17, 15) is 14.4 Å². The topological polar surface area (TPSA) is 87.3 Å². The van der Waals surface area contributed by atoms with E-state index < -0.39 is 5.91 Å². The first-order valence-corrected chi connectivity index (χ1v) is 16.2. The van der Waals surface area contributed by atoms with Crippen LogP contribution in [0.5, 0.6) is 0 Å². The summed E-state index contributed by atoms with van der Waals surface area (Å²) in [5, 5.41) is 8.43. The van der Waals surface area contributed by atoms with Crippen LogP contribution in [0, 0.1) is 0 Å². The van der Waals surface area contributed by atoms with Gasteiger partial charge in [0.1, 0.15) is 5.70 Å². The zero-order valence-electron chi connectivity index (χ0n) is 26.5. The molecule has 0 saturated heterocycles. The molecule has 0 heterocycles. The van der Waals surface area contributed by atoms with E-state index in [-0.39, 0.29) is 22.8 Å². The minimum atomic E-state index is -0.455. The van der Waals surface area contributed by atoms with Crippen LogP contribution in [0.2, 0.25) is 0 Å². The quantitative estimate of drug-likeness (QED) is 0.109. The number of carbonyl (C=O) groups excluding carboxylic acids is 3. The molecule has 0 aliphatic heterocycles. The highest BCUT2D eigenvalue weighted by atomic mass is 32.2. The second-order valence-corrected chi connectivity index (χ2v) is 12.7. The maximum atomic E-state index is 13.6. The Morgan fingerprint density at radius 2 is 1.33 bits per heavy atom. The molecule has 4 rings (SSSR count). The zero-order chi connectivity index (χ0) is 32.3. The molecule has 0 saturated carbocycles. The molecule has 0 spiro atoms. The number of hydrogen-bond donors (Lipinski definition) is 3. The van der Waals surface area contributed by atoms with Crippen LogP contribution in [-0.4, -0.2) is 23.0 Å². The fourth-order valence-corrected chi connectivity index (χ4v) is 5.61. The third-order valence-corrected chi connectivity index (χ3v) is 8.68. The van der Waals surface area contributed by atoms with Crippen LogP contribution in [0.15, 0.2) is 114 Å². The average molecular weight is 620 g/mol. The predicted molar refractivity (Wildman–Crippen MR) is 187 cm³/mol. The Hall–Kier alpha value is -4.62. The molecule has 0 radical (unpaired) electrons. The van der Waals surface area contributed by atoms with Crippen molar-refractivity contribution < 1.29 is 14.4 Å². The first-order valence-electron chi connectivity index (χ1n) is 15.3. The molecule has 3 N–H and O–H groups in total. The van der Waals surface area contributed by atoms with Gasteiger partial charge in [-0.3, -0.25) is 14.4 Å². The van der Waals surface area contributed by atoms with Gasteiger partial charge in [-0.25, -0.2) is 0 Å². The number of rotatable bonds is 12. The van der Waals surface area contributed by atoms with E-state index in [1.165, 1.54) is 22.9 Å². The van der Waals surface area contributed by atoms with Crippen LogP contribution >= 0.6 is 11.8 Å². The van der Waals surface area contributed by atoms with Gasteiger partial charge in [0.2, 0.25) is 5.91 Å². The second kappa shape index (κ2) is 15.9. The fourth-order valence-electron chi connectivity index (χ4n) is 4.59. The van der Waals surface area contributed by atoms with E-state index in [1.54, 1.807) is 36.4 Å². The summed E-state index contributed by atoms with van der Waals surface area (Å²) in [6, 6.07) is 32.0. The molecule has 3 amide bonds. The molecule has 0 bridgehead atoms.